The smallest absolute Gasteiger partial charge is 0.343 e. The third-order valence-corrected chi connectivity index (χ3v) is 3.92. The van der Waals surface area contributed by atoms with Crippen LogP contribution in [0, 0.1) is 0 Å². The third-order valence-electron chi connectivity index (χ3n) is 2.40. The Bertz CT molecular complexity index is 711. The molecule has 0 aliphatic heterocycles. The van der Waals surface area contributed by atoms with E-state index in [1.807, 2.05) is 0 Å². The minimum absolute atomic E-state index is 0.0758. The molecular formula is C14H11ClO5S. The highest BCUT2D eigenvalue weighted by atomic mass is 35.5. The summed E-state index contributed by atoms with van der Waals surface area (Å²) in [4.78, 5) is 11.9. The first-order chi connectivity index (χ1) is 10.00. The molecule has 0 amide bonds. The molecule has 0 aliphatic rings. The summed E-state index contributed by atoms with van der Waals surface area (Å²) in [5.41, 5.74) is 0.273. The molecule has 0 fully saturated rings. The lowest BCUT2D eigenvalue weighted by Gasteiger charge is -2.06. The number of hydrogen-bond donors (Lipinski definition) is 0. The standard InChI is InChI=1S/C14H11ClO5S/c15-10-21(17,18)20-13-8-6-11(7-9-13)14(16)19-12-4-2-1-3-5-12/h1-9H,10H2. The van der Waals surface area contributed by atoms with Crippen LogP contribution in [0.5, 0.6) is 11.5 Å². The summed E-state index contributed by atoms with van der Waals surface area (Å²) in [7, 11) is -3.80. The van der Waals surface area contributed by atoms with Crippen molar-refractivity contribution in [1.82, 2.24) is 0 Å². The fourth-order valence-corrected chi connectivity index (χ4v) is 2.05. The van der Waals surface area contributed by atoms with Gasteiger partial charge in [-0.15, -0.1) is 11.6 Å². The van der Waals surface area contributed by atoms with Gasteiger partial charge in [0.25, 0.3) is 0 Å². The van der Waals surface area contributed by atoms with Crippen molar-refractivity contribution in [2.45, 2.75) is 0 Å². The molecule has 0 bridgehead atoms. The van der Waals surface area contributed by atoms with Gasteiger partial charge in [0.05, 0.1) is 5.56 Å². The van der Waals surface area contributed by atoms with E-state index < -0.39 is 21.3 Å². The summed E-state index contributed by atoms with van der Waals surface area (Å²) in [6.45, 7) is 0. The van der Waals surface area contributed by atoms with Crippen molar-refractivity contribution in [2.24, 2.45) is 0 Å². The molecule has 0 radical (unpaired) electrons. The second-order valence-electron chi connectivity index (χ2n) is 3.98. The van der Waals surface area contributed by atoms with E-state index in [9.17, 15) is 13.2 Å². The number of halogens is 1. The number of hydrogen-bond acceptors (Lipinski definition) is 5. The minimum Gasteiger partial charge on any atom is -0.423 e. The maximum absolute atomic E-state index is 11.9. The van der Waals surface area contributed by atoms with Crippen molar-refractivity contribution in [3.63, 3.8) is 0 Å². The average Bonchev–Trinajstić information content (AvgIpc) is 2.48. The van der Waals surface area contributed by atoms with Gasteiger partial charge in [-0.05, 0) is 36.4 Å². The van der Waals surface area contributed by atoms with Gasteiger partial charge in [-0.25, -0.2) is 4.79 Å². The Balaban J connectivity index is 2.07. The van der Waals surface area contributed by atoms with Crippen molar-refractivity contribution >= 4 is 27.7 Å². The first-order valence-corrected chi connectivity index (χ1v) is 7.97. The lowest BCUT2D eigenvalue weighted by atomic mass is 10.2. The molecule has 0 N–H and O–H groups in total. The van der Waals surface area contributed by atoms with Crippen LogP contribution >= 0.6 is 11.6 Å². The Morgan fingerprint density at radius 3 is 2.14 bits per heavy atom. The number of rotatable bonds is 5. The Labute approximate surface area is 127 Å². The Kier molecular flexibility index (Phi) is 4.82. The summed E-state index contributed by atoms with van der Waals surface area (Å²) in [5, 5.41) is -0.648. The highest BCUT2D eigenvalue weighted by Gasteiger charge is 2.12. The van der Waals surface area contributed by atoms with E-state index in [1.54, 1.807) is 30.3 Å². The van der Waals surface area contributed by atoms with E-state index in [0.29, 0.717) is 5.75 Å². The van der Waals surface area contributed by atoms with Crippen molar-refractivity contribution in [3.8, 4) is 11.5 Å². The molecule has 2 rings (SSSR count). The number of esters is 1. The van der Waals surface area contributed by atoms with Crippen LogP contribution in [-0.4, -0.2) is 19.6 Å². The van der Waals surface area contributed by atoms with Crippen LogP contribution in [0.4, 0.5) is 0 Å². The monoisotopic (exact) mass is 326 g/mol. The molecule has 7 heteroatoms. The van der Waals surface area contributed by atoms with Crippen LogP contribution in [0.15, 0.2) is 54.6 Å². The molecule has 0 aliphatic carbocycles. The first kappa shape index (κ1) is 15.3. The molecule has 0 heterocycles. The zero-order chi connectivity index (χ0) is 15.3. The van der Waals surface area contributed by atoms with Crippen LogP contribution in [0.1, 0.15) is 10.4 Å². The Morgan fingerprint density at radius 2 is 1.57 bits per heavy atom. The zero-order valence-electron chi connectivity index (χ0n) is 10.7. The van der Waals surface area contributed by atoms with E-state index in [2.05, 4.69) is 0 Å². The number of ether oxygens (including phenoxy) is 1. The van der Waals surface area contributed by atoms with Gasteiger partial charge in [-0.2, -0.15) is 8.42 Å². The molecule has 2 aromatic carbocycles. The topological polar surface area (TPSA) is 69.7 Å². The number of carbonyl (C=O) groups excluding carboxylic acids is 1. The molecule has 110 valence electrons. The Morgan fingerprint density at radius 1 is 0.952 bits per heavy atom. The van der Waals surface area contributed by atoms with E-state index in [4.69, 9.17) is 20.5 Å². The lowest BCUT2D eigenvalue weighted by molar-refractivity contribution is 0.0735. The SMILES string of the molecule is O=C(Oc1ccccc1)c1ccc(OS(=O)(=O)CCl)cc1. The van der Waals surface area contributed by atoms with E-state index in [1.165, 1.54) is 24.3 Å². The van der Waals surface area contributed by atoms with Gasteiger partial charge in [0.1, 0.15) is 11.5 Å². The lowest BCUT2D eigenvalue weighted by Crippen LogP contribution is -2.11. The van der Waals surface area contributed by atoms with Crippen LogP contribution in [0.3, 0.4) is 0 Å². The molecular weight excluding hydrogens is 316 g/mol. The predicted molar refractivity (Wildman–Crippen MR) is 78.1 cm³/mol. The normalized spacial score (nSPS) is 10.9. The highest BCUT2D eigenvalue weighted by molar-refractivity contribution is 7.88. The molecule has 0 unspecified atom stereocenters. The summed E-state index contributed by atoms with van der Waals surface area (Å²) < 4.78 is 32.2. The fourth-order valence-electron chi connectivity index (χ4n) is 1.47. The molecule has 0 aromatic heterocycles. The van der Waals surface area contributed by atoms with Gasteiger partial charge in [0.15, 0.2) is 5.21 Å². The van der Waals surface area contributed by atoms with Gasteiger partial charge >= 0.3 is 16.1 Å². The first-order valence-electron chi connectivity index (χ1n) is 5.85. The van der Waals surface area contributed by atoms with Crippen LogP contribution < -0.4 is 8.92 Å². The quantitative estimate of drug-likeness (QED) is 0.366. The Hall–Kier alpha value is -2.05. The van der Waals surface area contributed by atoms with Gasteiger partial charge in [-0.1, -0.05) is 18.2 Å². The van der Waals surface area contributed by atoms with E-state index >= 15 is 0 Å². The van der Waals surface area contributed by atoms with Crippen molar-refractivity contribution in [2.75, 3.05) is 5.21 Å². The predicted octanol–water partition coefficient (Wildman–Crippen LogP) is 2.81. The van der Waals surface area contributed by atoms with Crippen LogP contribution in [0.2, 0.25) is 0 Å². The van der Waals surface area contributed by atoms with Crippen molar-refractivity contribution < 1.29 is 22.1 Å². The maximum atomic E-state index is 11.9. The molecule has 0 spiro atoms. The summed E-state index contributed by atoms with van der Waals surface area (Å²) >= 11 is 5.23. The molecule has 2 aromatic rings. The zero-order valence-corrected chi connectivity index (χ0v) is 12.3. The van der Waals surface area contributed by atoms with Gasteiger partial charge in [0.2, 0.25) is 0 Å². The summed E-state index contributed by atoms with van der Waals surface area (Å²) in [6.07, 6.45) is 0. The van der Waals surface area contributed by atoms with Gasteiger partial charge in [0, 0.05) is 0 Å². The molecule has 5 nitrogen and oxygen atoms in total. The van der Waals surface area contributed by atoms with Crippen molar-refractivity contribution in [3.05, 3.63) is 60.2 Å². The van der Waals surface area contributed by atoms with Gasteiger partial charge in [-0.3, -0.25) is 0 Å². The second kappa shape index (κ2) is 6.60. The number of benzene rings is 2. The largest absolute Gasteiger partial charge is 0.423 e. The summed E-state index contributed by atoms with van der Waals surface area (Å²) in [6, 6.07) is 14.1. The summed E-state index contributed by atoms with van der Waals surface area (Å²) in [5.74, 6) is -0.0487. The van der Waals surface area contributed by atoms with Crippen LogP contribution in [0.25, 0.3) is 0 Å². The van der Waals surface area contributed by atoms with Gasteiger partial charge < -0.3 is 8.92 Å². The van der Waals surface area contributed by atoms with Crippen LogP contribution in [-0.2, 0) is 10.1 Å². The third kappa shape index (κ3) is 4.47. The second-order valence-corrected chi connectivity index (χ2v) is 6.13. The number of carbonyl (C=O) groups is 1. The van der Waals surface area contributed by atoms with E-state index in [-0.39, 0.29) is 11.3 Å². The number of para-hydroxylation sites is 1. The molecule has 0 saturated carbocycles. The van der Waals surface area contributed by atoms with E-state index in [0.717, 1.165) is 0 Å². The average molecular weight is 327 g/mol. The number of alkyl halides is 1. The van der Waals surface area contributed by atoms with Crippen molar-refractivity contribution in [1.29, 1.82) is 0 Å². The minimum atomic E-state index is -3.80. The molecule has 0 saturated heterocycles. The maximum Gasteiger partial charge on any atom is 0.343 e. The fraction of sp³-hybridized carbons (Fsp3) is 0.0714. The molecule has 21 heavy (non-hydrogen) atoms. The molecule has 0 atom stereocenters. The highest BCUT2D eigenvalue weighted by Crippen LogP contribution is 2.17.